The van der Waals surface area contributed by atoms with E-state index in [2.05, 4.69) is 19.2 Å². The quantitative estimate of drug-likeness (QED) is 0.843. The summed E-state index contributed by atoms with van der Waals surface area (Å²) in [5.41, 5.74) is -0.458. The Labute approximate surface area is 123 Å². The predicted molar refractivity (Wildman–Crippen MR) is 79.9 cm³/mol. The van der Waals surface area contributed by atoms with Gasteiger partial charge in [-0.3, -0.25) is 0 Å². The molecule has 5 nitrogen and oxygen atoms in total. The van der Waals surface area contributed by atoms with E-state index in [9.17, 15) is 4.79 Å². The molecule has 0 spiro atoms. The second kappa shape index (κ2) is 7.27. The molecule has 2 unspecified atom stereocenters. The average molecular weight is 286 g/mol. The van der Waals surface area contributed by atoms with Crippen LogP contribution in [0, 0.1) is 0 Å². The Kier molecular flexibility index (Phi) is 6.27. The minimum atomic E-state index is -0.458. The minimum absolute atomic E-state index is 0.0295. The number of likely N-dealkylation sites (tertiary alicyclic amines) is 1. The molecule has 118 valence electrons. The summed E-state index contributed by atoms with van der Waals surface area (Å²) in [6.45, 7) is 11.2. The van der Waals surface area contributed by atoms with Crippen LogP contribution in [0.2, 0.25) is 0 Å². The second-order valence-corrected chi connectivity index (χ2v) is 6.62. The largest absolute Gasteiger partial charge is 0.444 e. The first-order valence-corrected chi connectivity index (χ1v) is 7.53. The molecule has 1 aliphatic heterocycles. The predicted octanol–water partition coefficient (Wildman–Crippen LogP) is 2.40. The van der Waals surface area contributed by atoms with Crippen LogP contribution >= 0.6 is 0 Å². The van der Waals surface area contributed by atoms with Crippen molar-refractivity contribution >= 4 is 6.09 Å². The van der Waals surface area contributed by atoms with Gasteiger partial charge >= 0.3 is 6.09 Å². The molecule has 1 N–H and O–H groups in total. The van der Waals surface area contributed by atoms with E-state index < -0.39 is 5.60 Å². The number of rotatable bonds is 5. The van der Waals surface area contributed by atoms with E-state index in [4.69, 9.17) is 9.47 Å². The highest BCUT2D eigenvalue weighted by atomic mass is 16.6. The van der Waals surface area contributed by atoms with Crippen LogP contribution in [0.5, 0.6) is 0 Å². The van der Waals surface area contributed by atoms with Crippen molar-refractivity contribution < 1.29 is 14.3 Å². The molecule has 5 heteroatoms. The fraction of sp³-hybridized carbons (Fsp3) is 0.933. The number of hydrogen-bond donors (Lipinski definition) is 1. The number of amides is 1. The summed E-state index contributed by atoms with van der Waals surface area (Å²) < 4.78 is 10.9. The molecule has 0 aromatic carbocycles. The van der Waals surface area contributed by atoms with Crippen LogP contribution in [0.1, 0.15) is 47.5 Å². The maximum Gasteiger partial charge on any atom is 0.410 e. The lowest BCUT2D eigenvalue weighted by molar-refractivity contribution is 0.0252. The summed E-state index contributed by atoms with van der Waals surface area (Å²) in [6, 6.07) is 0.607. The van der Waals surface area contributed by atoms with E-state index in [0.717, 1.165) is 12.8 Å². The maximum absolute atomic E-state index is 12.1. The summed E-state index contributed by atoms with van der Waals surface area (Å²) in [5.74, 6) is 0. The molecular formula is C15H30N2O3. The average Bonchev–Trinajstić information content (AvgIpc) is 2.70. The number of carbonyl (C=O) groups excluding carboxylic acids is 1. The first-order valence-electron chi connectivity index (χ1n) is 7.53. The molecule has 1 aliphatic rings. The number of hydrogen-bond acceptors (Lipinski definition) is 4. The van der Waals surface area contributed by atoms with Gasteiger partial charge in [0.1, 0.15) is 5.60 Å². The van der Waals surface area contributed by atoms with Crippen molar-refractivity contribution in [3.8, 4) is 0 Å². The third kappa shape index (κ3) is 5.29. The molecule has 0 aromatic rings. The fourth-order valence-corrected chi connectivity index (χ4v) is 2.53. The van der Waals surface area contributed by atoms with Crippen molar-refractivity contribution in [2.75, 3.05) is 20.2 Å². The van der Waals surface area contributed by atoms with Crippen LogP contribution in [-0.2, 0) is 9.47 Å². The molecule has 1 saturated heterocycles. The molecular weight excluding hydrogens is 256 g/mol. The van der Waals surface area contributed by atoms with Gasteiger partial charge in [0, 0.05) is 19.7 Å². The van der Waals surface area contributed by atoms with E-state index in [1.165, 1.54) is 0 Å². The minimum Gasteiger partial charge on any atom is -0.444 e. The van der Waals surface area contributed by atoms with Crippen LogP contribution in [0.15, 0.2) is 0 Å². The Bertz CT molecular complexity index is 315. The maximum atomic E-state index is 12.1. The number of ether oxygens (including phenoxy) is 2. The van der Waals surface area contributed by atoms with Crippen molar-refractivity contribution in [2.24, 2.45) is 0 Å². The second-order valence-electron chi connectivity index (χ2n) is 6.62. The molecule has 1 heterocycles. The summed E-state index contributed by atoms with van der Waals surface area (Å²) in [7, 11) is 1.70. The monoisotopic (exact) mass is 286 g/mol. The van der Waals surface area contributed by atoms with Crippen molar-refractivity contribution in [3.05, 3.63) is 0 Å². The van der Waals surface area contributed by atoms with E-state index in [1.807, 2.05) is 20.8 Å². The van der Waals surface area contributed by atoms with Crippen LogP contribution in [0.25, 0.3) is 0 Å². The van der Waals surface area contributed by atoms with Gasteiger partial charge in [-0.25, -0.2) is 4.79 Å². The zero-order valence-electron chi connectivity index (χ0n) is 13.7. The Hall–Kier alpha value is -0.810. The molecule has 3 atom stereocenters. The fourth-order valence-electron chi connectivity index (χ4n) is 2.53. The van der Waals surface area contributed by atoms with Crippen LogP contribution in [-0.4, -0.2) is 55.0 Å². The summed E-state index contributed by atoms with van der Waals surface area (Å²) >= 11 is 0. The topological polar surface area (TPSA) is 50.8 Å². The van der Waals surface area contributed by atoms with Crippen molar-refractivity contribution in [1.82, 2.24) is 10.2 Å². The van der Waals surface area contributed by atoms with E-state index in [0.29, 0.717) is 19.1 Å². The molecule has 1 amide bonds. The third-order valence-electron chi connectivity index (χ3n) is 3.44. The molecule has 0 radical (unpaired) electrons. The van der Waals surface area contributed by atoms with Gasteiger partial charge < -0.3 is 19.7 Å². The Balaban J connectivity index is 2.56. The Morgan fingerprint density at radius 3 is 2.55 bits per heavy atom. The third-order valence-corrected chi connectivity index (χ3v) is 3.44. The van der Waals surface area contributed by atoms with Crippen molar-refractivity contribution in [3.63, 3.8) is 0 Å². The summed E-state index contributed by atoms with van der Waals surface area (Å²) in [5, 5.41) is 3.55. The Morgan fingerprint density at radius 2 is 2.05 bits per heavy atom. The molecule has 0 bridgehead atoms. The molecule has 0 saturated carbocycles. The number of carbonyl (C=O) groups is 1. The number of nitrogens with zero attached hydrogens (tertiary/aromatic N) is 1. The van der Waals surface area contributed by atoms with Crippen molar-refractivity contribution in [1.29, 1.82) is 0 Å². The van der Waals surface area contributed by atoms with Gasteiger partial charge in [-0.1, -0.05) is 13.3 Å². The van der Waals surface area contributed by atoms with Gasteiger partial charge in [0.05, 0.1) is 18.7 Å². The highest BCUT2D eigenvalue weighted by Gasteiger charge is 2.37. The van der Waals surface area contributed by atoms with Crippen LogP contribution in [0.3, 0.4) is 0 Å². The summed E-state index contributed by atoms with van der Waals surface area (Å²) in [4.78, 5) is 13.8. The molecule has 1 rings (SSSR count). The zero-order chi connectivity index (χ0) is 15.3. The Morgan fingerprint density at radius 1 is 1.40 bits per heavy atom. The highest BCUT2D eigenvalue weighted by Crippen LogP contribution is 2.18. The van der Waals surface area contributed by atoms with Crippen LogP contribution in [0.4, 0.5) is 4.79 Å². The zero-order valence-corrected chi connectivity index (χ0v) is 13.7. The molecule has 1 fully saturated rings. The highest BCUT2D eigenvalue weighted by molar-refractivity contribution is 5.68. The van der Waals surface area contributed by atoms with Gasteiger partial charge in [-0.15, -0.1) is 0 Å². The van der Waals surface area contributed by atoms with Gasteiger partial charge in [-0.2, -0.15) is 0 Å². The normalized spacial score (nSPS) is 24.8. The van der Waals surface area contributed by atoms with Gasteiger partial charge in [0.15, 0.2) is 0 Å². The smallest absolute Gasteiger partial charge is 0.410 e. The van der Waals surface area contributed by atoms with E-state index >= 15 is 0 Å². The van der Waals surface area contributed by atoms with Gasteiger partial charge in [0.25, 0.3) is 0 Å². The van der Waals surface area contributed by atoms with Gasteiger partial charge in [0.2, 0.25) is 0 Å². The summed E-state index contributed by atoms with van der Waals surface area (Å²) in [6.07, 6.45) is 2.04. The number of methoxy groups -OCH3 is 1. The van der Waals surface area contributed by atoms with E-state index in [-0.39, 0.29) is 18.2 Å². The lowest BCUT2D eigenvalue weighted by Gasteiger charge is -2.24. The first kappa shape index (κ1) is 17.2. The first-order chi connectivity index (χ1) is 9.26. The van der Waals surface area contributed by atoms with Crippen molar-refractivity contribution in [2.45, 2.75) is 71.2 Å². The molecule has 0 aromatic heterocycles. The van der Waals surface area contributed by atoms with Crippen LogP contribution < -0.4 is 5.32 Å². The van der Waals surface area contributed by atoms with Gasteiger partial charge in [-0.05, 0) is 34.1 Å². The molecule has 0 aliphatic carbocycles. The SMILES string of the molecule is CCCC(C)NC1CN(C(=O)OC(C)(C)C)C[C@@H]1OC. The number of nitrogens with one attached hydrogen (secondary N) is 1. The molecule has 20 heavy (non-hydrogen) atoms. The lowest BCUT2D eigenvalue weighted by atomic mass is 10.1. The standard InChI is InChI=1S/C15H30N2O3/c1-7-8-11(2)16-12-9-17(10-13(12)19-6)14(18)20-15(3,4)5/h11-13,16H,7-10H2,1-6H3/t11?,12?,13-/m0/s1. The van der Waals surface area contributed by atoms with E-state index in [1.54, 1.807) is 12.0 Å². The lowest BCUT2D eigenvalue weighted by Crippen LogP contribution is -2.45.